The van der Waals surface area contributed by atoms with Crippen LogP contribution in [0.3, 0.4) is 0 Å². The highest BCUT2D eigenvalue weighted by atomic mass is 16.3. The first-order valence-corrected chi connectivity index (χ1v) is 10.4. The van der Waals surface area contributed by atoms with Crippen LogP contribution >= 0.6 is 0 Å². The van der Waals surface area contributed by atoms with Crippen LogP contribution in [0.15, 0.2) is 78.9 Å². The number of hydrogen-bond donors (Lipinski definition) is 1. The van der Waals surface area contributed by atoms with Crippen LogP contribution in [0, 0.1) is 13.8 Å². The third-order valence-electron chi connectivity index (χ3n) is 5.74. The largest absolute Gasteiger partial charge is 0.375 e. The molecule has 4 heteroatoms. The summed E-state index contributed by atoms with van der Waals surface area (Å²) in [5.41, 5.74) is 2.72. The summed E-state index contributed by atoms with van der Waals surface area (Å²) in [6, 6.07) is 22.5. The van der Waals surface area contributed by atoms with Crippen LogP contribution in [0.1, 0.15) is 39.0 Å². The first-order valence-electron chi connectivity index (χ1n) is 10.4. The van der Waals surface area contributed by atoms with Gasteiger partial charge in [0.05, 0.1) is 12.1 Å². The van der Waals surface area contributed by atoms with Gasteiger partial charge in [0.1, 0.15) is 0 Å². The van der Waals surface area contributed by atoms with E-state index in [9.17, 15) is 14.7 Å². The van der Waals surface area contributed by atoms with Gasteiger partial charge in [-0.1, -0.05) is 84.4 Å². The Labute approximate surface area is 182 Å². The molecule has 1 amide bonds. The summed E-state index contributed by atoms with van der Waals surface area (Å²) in [5.74, 6) is -0.714. The first-order chi connectivity index (χ1) is 14.9. The maximum absolute atomic E-state index is 13.3. The smallest absolute Gasteiger partial charge is 0.264 e. The zero-order chi connectivity index (χ0) is 22.0. The average molecular weight is 412 g/mol. The van der Waals surface area contributed by atoms with E-state index >= 15 is 0 Å². The van der Waals surface area contributed by atoms with Crippen molar-refractivity contribution in [3.8, 4) is 0 Å². The number of rotatable bonds is 6. The number of aryl methyl sites for hydroxylation is 2. The molecule has 0 fully saturated rings. The summed E-state index contributed by atoms with van der Waals surface area (Å²) in [7, 11) is 0. The number of hydrogen-bond acceptors (Lipinski definition) is 3. The second-order valence-electron chi connectivity index (χ2n) is 8.02. The molecule has 0 saturated carbocycles. The number of ketones is 1. The van der Waals surface area contributed by atoms with E-state index in [1.54, 1.807) is 23.1 Å². The Morgan fingerprint density at radius 2 is 1.71 bits per heavy atom. The van der Waals surface area contributed by atoms with E-state index in [1.807, 2.05) is 80.6 Å². The fourth-order valence-corrected chi connectivity index (χ4v) is 4.17. The van der Waals surface area contributed by atoms with Crippen molar-refractivity contribution in [2.45, 2.75) is 25.9 Å². The van der Waals surface area contributed by atoms with Crippen molar-refractivity contribution >= 4 is 23.5 Å². The van der Waals surface area contributed by atoms with Gasteiger partial charge in [-0.3, -0.25) is 9.59 Å². The number of amides is 1. The zero-order valence-electron chi connectivity index (χ0n) is 17.7. The van der Waals surface area contributed by atoms with E-state index in [4.69, 9.17) is 0 Å². The van der Waals surface area contributed by atoms with Gasteiger partial charge >= 0.3 is 0 Å². The number of carbonyl (C=O) groups excluding carboxylic acids is 2. The van der Waals surface area contributed by atoms with Gasteiger partial charge in [0.25, 0.3) is 5.91 Å². The van der Waals surface area contributed by atoms with Gasteiger partial charge in [0.2, 0.25) is 0 Å². The lowest BCUT2D eigenvalue weighted by Crippen LogP contribution is -2.42. The van der Waals surface area contributed by atoms with Crippen molar-refractivity contribution in [1.29, 1.82) is 0 Å². The molecule has 1 N–H and O–H groups in total. The minimum atomic E-state index is -1.87. The predicted molar refractivity (Wildman–Crippen MR) is 123 cm³/mol. The van der Waals surface area contributed by atoms with Crippen molar-refractivity contribution in [3.05, 3.63) is 107 Å². The number of fused-ring (bicyclic) bond motifs is 1. The lowest BCUT2D eigenvalue weighted by Gasteiger charge is -2.22. The number of aliphatic hydroxyl groups is 1. The second kappa shape index (κ2) is 8.32. The topological polar surface area (TPSA) is 57.6 Å². The molecule has 0 spiro atoms. The van der Waals surface area contributed by atoms with Gasteiger partial charge in [-0.15, -0.1) is 0 Å². The van der Waals surface area contributed by atoms with E-state index < -0.39 is 11.5 Å². The molecule has 1 atom stereocenters. The molecule has 3 aromatic carbocycles. The molecule has 0 bridgehead atoms. The van der Waals surface area contributed by atoms with Gasteiger partial charge in [-0.05, 0) is 31.0 Å². The third-order valence-corrected chi connectivity index (χ3v) is 5.74. The third kappa shape index (κ3) is 3.94. The summed E-state index contributed by atoms with van der Waals surface area (Å²) in [6.07, 6.45) is 3.54. The molecule has 0 aromatic heterocycles. The minimum absolute atomic E-state index is 0.246. The highest BCUT2D eigenvalue weighted by Crippen LogP contribution is 2.42. The molecule has 0 radical (unpaired) electrons. The number of carbonyl (C=O) groups is 2. The van der Waals surface area contributed by atoms with Crippen molar-refractivity contribution < 1.29 is 14.7 Å². The number of benzene rings is 3. The van der Waals surface area contributed by atoms with Crippen LogP contribution in [0.5, 0.6) is 0 Å². The maximum atomic E-state index is 13.3. The SMILES string of the molecule is Cc1ccc(C(=O)CC2(O)C(=O)N(C/C=C/c3ccccc3)c3ccccc32)c(C)c1. The monoisotopic (exact) mass is 411 g/mol. The summed E-state index contributed by atoms with van der Waals surface area (Å²) >= 11 is 0. The second-order valence-corrected chi connectivity index (χ2v) is 8.02. The molecule has 31 heavy (non-hydrogen) atoms. The lowest BCUT2D eigenvalue weighted by atomic mass is 9.87. The molecule has 1 heterocycles. The van der Waals surface area contributed by atoms with Crippen LogP contribution in [-0.4, -0.2) is 23.3 Å². The highest BCUT2D eigenvalue weighted by Gasteiger charge is 2.50. The highest BCUT2D eigenvalue weighted by molar-refractivity contribution is 6.11. The molecular formula is C27H25NO3. The maximum Gasteiger partial charge on any atom is 0.264 e. The number of nitrogens with zero attached hydrogens (tertiary/aromatic N) is 1. The van der Waals surface area contributed by atoms with E-state index in [1.165, 1.54) is 0 Å². The molecule has 1 aliphatic heterocycles. The standard InChI is InChI=1S/C27H25NO3/c1-19-14-15-22(20(2)17-19)25(29)18-27(31)23-12-6-7-13-24(23)28(26(27)30)16-8-11-21-9-4-3-5-10-21/h3-15,17,31H,16,18H2,1-2H3/b11-8+. The predicted octanol–water partition coefficient (Wildman–Crippen LogP) is 4.82. The first kappa shape index (κ1) is 20.8. The Morgan fingerprint density at radius 1 is 1.00 bits per heavy atom. The van der Waals surface area contributed by atoms with Crippen molar-refractivity contribution in [3.63, 3.8) is 0 Å². The van der Waals surface area contributed by atoms with Gasteiger partial charge in [-0.25, -0.2) is 0 Å². The Hall–Kier alpha value is -3.50. The Kier molecular flexibility index (Phi) is 5.57. The van der Waals surface area contributed by atoms with Gasteiger partial charge < -0.3 is 10.0 Å². The molecule has 4 rings (SSSR count). The molecule has 1 aliphatic rings. The zero-order valence-corrected chi connectivity index (χ0v) is 17.7. The van der Waals surface area contributed by atoms with E-state index in [2.05, 4.69) is 0 Å². The molecular weight excluding hydrogens is 386 g/mol. The number of Topliss-reactive ketones (excluding diaryl/α,β-unsaturated/α-hetero) is 1. The summed E-state index contributed by atoms with van der Waals surface area (Å²) in [4.78, 5) is 27.9. The van der Waals surface area contributed by atoms with Gasteiger partial charge in [0.15, 0.2) is 11.4 Å². The average Bonchev–Trinajstić information content (AvgIpc) is 2.96. The fourth-order valence-electron chi connectivity index (χ4n) is 4.17. The molecule has 1 unspecified atom stereocenters. The Balaban J connectivity index is 1.61. The molecule has 0 saturated heterocycles. The van der Waals surface area contributed by atoms with Gasteiger partial charge in [-0.2, -0.15) is 0 Å². The molecule has 4 nitrogen and oxygen atoms in total. The van der Waals surface area contributed by atoms with Crippen molar-refractivity contribution in [2.24, 2.45) is 0 Å². The van der Waals surface area contributed by atoms with Crippen LogP contribution in [0.2, 0.25) is 0 Å². The van der Waals surface area contributed by atoms with E-state index in [-0.39, 0.29) is 12.2 Å². The fraction of sp³-hybridized carbons (Fsp3) is 0.185. The lowest BCUT2D eigenvalue weighted by molar-refractivity contribution is -0.135. The molecule has 0 aliphatic carbocycles. The number of para-hydroxylation sites is 1. The van der Waals surface area contributed by atoms with Crippen molar-refractivity contribution in [1.82, 2.24) is 0 Å². The number of anilines is 1. The Morgan fingerprint density at radius 3 is 2.45 bits per heavy atom. The van der Waals surface area contributed by atoms with Crippen LogP contribution in [0.25, 0.3) is 6.08 Å². The van der Waals surface area contributed by atoms with Crippen LogP contribution < -0.4 is 4.90 Å². The molecule has 3 aromatic rings. The molecule has 156 valence electrons. The summed E-state index contributed by atoms with van der Waals surface area (Å²) in [6.45, 7) is 4.15. The van der Waals surface area contributed by atoms with E-state index in [0.717, 1.165) is 16.7 Å². The van der Waals surface area contributed by atoms with E-state index in [0.29, 0.717) is 23.4 Å². The quantitative estimate of drug-likeness (QED) is 0.592. The Bertz CT molecular complexity index is 1170. The van der Waals surface area contributed by atoms with Crippen LogP contribution in [-0.2, 0) is 10.4 Å². The van der Waals surface area contributed by atoms with Gasteiger partial charge in [0, 0.05) is 17.7 Å². The summed E-state index contributed by atoms with van der Waals surface area (Å²) in [5, 5.41) is 11.4. The van der Waals surface area contributed by atoms with Crippen molar-refractivity contribution in [2.75, 3.05) is 11.4 Å². The summed E-state index contributed by atoms with van der Waals surface area (Å²) < 4.78 is 0. The van der Waals surface area contributed by atoms with Crippen LogP contribution in [0.4, 0.5) is 5.69 Å². The normalized spacial score (nSPS) is 17.9. The minimum Gasteiger partial charge on any atom is -0.375 e.